The summed E-state index contributed by atoms with van der Waals surface area (Å²) in [5.74, 6) is -3.22. The highest BCUT2D eigenvalue weighted by Gasteiger charge is 2.73. The molecule has 3 aromatic rings. The molecule has 8 heteroatoms. The van der Waals surface area contributed by atoms with E-state index in [0.29, 0.717) is 16.9 Å². The van der Waals surface area contributed by atoms with Gasteiger partial charge >= 0.3 is 0 Å². The van der Waals surface area contributed by atoms with Crippen LogP contribution < -0.4 is 15.3 Å². The van der Waals surface area contributed by atoms with Crippen molar-refractivity contribution in [3.63, 3.8) is 0 Å². The third kappa shape index (κ3) is 2.24. The molecule has 3 aromatic carbocycles. The minimum absolute atomic E-state index is 0.229. The molecule has 2 saturated heterocycles. The van der Waals surface area contributed by atoms with Crippen molar-refractivity contribution < 1.29 is 23.6 Å². The summed E-state index contributed by atoms with van der Waals surface area (Å²) in [5.41, 5.74) is 0.325. The van der Waals surface area contributed by atoms with Gasteiger partial charge in [0.15, 0.2) is 11.6 Å². The number of carbonyl (C=O) groups is 3. The zero-order chi connectivity index (χ0) is 22.0. The second-order valence-corrected chi connectivity index (χ2v) is 7.89. The van der Waals surface area contributed by atoms with Crippen LogP contribution in [-0.2, 0) is 24.8 Å². The smallest absolute Gasteiger partial charge is 0.266 e. The van der Waals surface area contributed by atoms with Crippen molar-refractivity contribution in [2.45, 2.75) is 11.6 Å². The molecule has 0 saturated carbocycles. The summed E-state index contributed by atoms with van der Waals surface area (Å²) in [5, 5.41) is 4.24. The van der Waals surface area contributed by atoms with Crippen molar-refractivity contribution in [1.29, 1.82) is 0 Å². The second-order valence-electron chi connectivity index (χ2n) is 7.89. The number of anilines is 3. The minimum atomic E-state index is -1.57. The molecule has 0 aliphatic carbocycles. The molecule has 3 aliphatic rings. The predicted molar refractivity (Wildman–Crippen MR) is 113 cm³/mol. The molecule has 6 rings (SSSR count). The molecule has 1 spiro atoms. The van der Waals surface area contributed by atoms with Gasteiger partial charge in [-0.25, -0.2) is 14.4 Å². The van der Waals surface area contributed by atoms with Gasteiger partial charge in [0.05, 0.1) is 11.4 Å². The Hall–Kier alpha value is -4.04. The van der Waals surface area contributed by atoms with Gasteiger partial charge in [-0.2, -0.15) is 0 Å². The maximum Gasteiger partial charge on any atom is 0.266 e. The quantitative estimate of drug-likeness (QED) is 0.634. The zero-order valence-electron chi connectivity index (χ0n) is 16.6. The van der Waals surface area contributed by atoms with E-state index in [1.807, 2.05) is 6.07 Å². The van der Waals surface area contributed by atoms with Crippen LogP contribution in [0.5, 0.6) is 0 Å². The molecule has 158 valence electrons. The second kappa shape index (κ2) is 6.48. The molecule has 0 aromatic heterocycles. The van der Waals surface area contributed by atoms with E-state index in [1.165, 1.54) is 29.3 Å². The summed E-state index contributed by atoms with van der Waals surface area (Å²) in [6, 6.07) is 21.0. The van der Waals surface area contributed by atoms with Crippen LogP contribution in [0.25, 0.3) is 0 Å². The number of para-hydroxylation sites is 2. The van der Waals surface area contributed by atoms with E-state index in [4.69, 9.17) is 4.84 Å². The number of amides is 3. The number of hydroxylamine groups is 1. The van der Waals surface area contributed by atoms with Crippen LogP contribution in [0.15, 0.2) is 78.9 Å². The van der Waals surface area contributed by atoms with Crippen molar-refractivity contribution in [2.24, 2.45) is 5.92 Å². The Kier molecular flexibility index (Phi) is 3.79. The van der Waals surface area contributed by atoms with Crippen LogP contribution in [-0.4, -0.2) is 23.8 Å². The first-order valence-corrected chi connectivity index (χ1v) is 10.1. The van der Waals surface area contributed by atoms with Gasteiger partial charge in [-0.05, 0) is 42.5 Å². The SMILES string of the molecule is O=C1[C@H]2ON(c3ccccc3)[C@@]3(C(=O)Nc4ccccc43)[C@H]2C(=O)N1c1ccc(F)cc1. The maximum atomic E-state index is 13.7. The lowest BCUT2D eigenvalue weighted by Crippen LogP contribution is -2.53. The van der Waals surface area contributed by atoms with Crippen molar-refractivity contribution in [2.75, 3.05) is 15.3 Å². The average molecular weight is 429 g/mol. The fraction of sp³-hybridized carbons (Fsp3) is 0.125. The summed E-state index contributed by atoms with van der Waals surface area (Å²) in [4.78, 5) is 47.7. The van der Waals surface area contributed by atoms with Crippen molar-refractivity contribution in [3.8, 4) is 0 Å². The number of halogens is 1. The molecule has 3 heterocycles. The number of fused-ring (bicyclic) bond motifs is 4. The van der Waals surface area contributed by atoms with Gasteiger partial charge in [0.1, 0.15) is 11.7 Å². The Morgan fingerprint density at radius 2 is 1.50 bits per heavy atom. The van der Waals surface area contributed by atoms with Crippen LogP contribution >= 0.6 is 0 Å². The zero-order valence-corrected chi connectivity index (χ0v) is 16.6. The highest BCUT2D eigenvalue weighted by atomic mass is 19.1. The van der Waals surface area contributed by atoms with E-state index in [9.17, 15) is 18.8 Å². The summed E-state index contributed by atoms with van der Waals surface area (Å²) in [6.07, 6.45) is -1.20. The summed E-state index contributed by atoms with van der Waals surface area (Å²) in [7, 11) is 0. The third-order valence-electron chi connectivity index (χ3n) is 6.25. The lowest BCUT2D eigenvalue weighted by molar-refractivity contribution is -0.130. The topological polar surface area (TPSA) is 79.0 Å². The Morgan fingerprint density at radius 1 is 0.812 bits per heavy atom. The summed E-state index contributed by atoms with van der Waals surface area (Å²) < 4.78 is 13.4. The molecule has 32 heavy (non-hydrogen) atoms. The first kappa shape index (κ1) is 18.7. The van der Waals surface area contributed by atoms with Crippen LogP contribution in [0, 0.1) is 11.7 Å². The largest absolute Gasteiger partial charge is 0.323 e. The first-order chi connectivity index (χ1) is 15.5. The normalized spacial score (nSPS) is 26.0. The van der Waals surface area contributed by atoms with Crippen LogP contribution in [0.3, 0.4) is 0 Å². The van der Waals surface area contributed by atoms with Gasteiger partial charge in [0.25, 0.3) is 11.8 Å². The summed E-state index contributed by atoms with van der Waals surface area (Å²) >= 11 is 0. The average Bonchev–Trinajstić information content (AvgIpc) is 3.40. The fourth-order valence-corrected chi connectivity index (χ4v) is 4.92. The Morgan fingerprint density at radius 3 is 2.25 bits per heavy atom. The number of nitrogens with one attached hydrogen (secondary N) is 1. The molecule has 0 radical (unpaired) electrons. The van der Waals surface area contributed by atoms with Gasteiger partial charge in [-0.3, -0.25) is 19.2 Å². The monoisotopic (exact) mass is 429 g/mol. The third-order valence-corrected chi connectivity index (χ3v) is 6.25. The van der Waals surface area contributed by atoms with Gasteiger partial charge < -0.3 is 5.32 Å². The number of carbonyl (C=O) groups excluding carboxylic acids is 3. The molecular weight excluding hydrogens is 413 g/mol. The highest BCUT2D eigenvalue weighted by Crippen LogP contribution is 2.56. The molecule has 0 bridgehead atoms. The van der Waals surface area contributed by atoms with Gasteiger partial charge in [-0.1, -0.05) is 36.4 Å². The molecule has 7 nitrogen and oxygen atoms in total. The first-order valence-electron chi connectivity index (χ1n) is 10.1. The van der Waals surface area contributed by atoms with E-state index in [1.54, 1.807) is 48.5 Å². The number of hydrogen-bond acceptors (Lipinski definition) is 5. The van der Waals surface area contributed by atoms with Gasteiger partial charge in [0, 0.05) is 11.3 Å². The maximum absolute atomic E-state index is 13.7. The van der Waals surface area contributed by atoms with E-state index < -0.39 is 41.1 Å². The fourth-order valence-electron chi connectivity index (χ4n) is 4.92. The molecule has 2 fully saturated rings. The molecule has 0 unspecified atom stereocenters. The van der Waals surface area contributed by atoms with Gasteiger partial charge in [-0.15, -0.1) is 0 Å². The standard InChI is InChI=1S/C24H16FN3O4/c25-14-10-12-15(13-11-14)27-21(29)19-20(22(27)30)32-28(16-6-2-1-3-7-16)24(19)17-8-4-5-9-18(17)26-23(24)31/h1-13,19-20H,(H,26,31)/t19-,20+,24-/m1/s1. The summed E-state index contributed by atoms with van der Waals surface area (Å²) in [6.45, 7) is 0. The number of hydrogen-bond donors (Lipinski definition) is 1. The number of imide groups is 1. The van der Waals surface area contributed by atoms with Crippen LogP contribution in [0.1, 0.15) is 5.56 Å². The van der Waals surface area contributed by atoms with Crippen molar-refractivity contribution in [1.82, 2.24) is 0 Å². The van der Waals surface area contributed by atoms with Crippen molar-refractivity contribution >= 4 is 34.8 Å². The van der Waals surface area contributed by atoms with E-state index in [0.717, 1.165) is 4.90 Å². The van der Waals surface area contributed by atoms with Crippen LogP contribution in [0.4, 0.5) is 21.5 Å². The molecule has 3 atom stereocenters. The number of rotatable bonds is 2. The predicted octanol–water partition coefficient (Wildman–Crippen LogP) is 2.98. The minimum Gasteiger partial charge on any atom is -0.323 e. The number of nitrogens with zero attached hydrogens (tertiary/aromatic N) is 2. The molecule has 3 aliphatic heterocycles. The Labute approximate surface area is 182 Å². The van der Waals surface area contributed by atoms with Crippen LogP contribution in [0.2, 0.25) is 0 Å². The Bertz CT molecular complexity index is 1280. The van der Waals surface area contributed by atoms with E-state index >= 15 is 0 Å². The molecular formula is C24H16FN3O4. The van der Waals surface area contributed by atoms with Gasteiger partial charge in [0.2, 0.25) is 5.91 Å². The van der Waals surface area contributed by atoms with E-state index in [2.05, 4.69) is 5.32 Å². The Balaban J connectivity index is 1.55. The van der Waals surface area contributed by atoms with Crippen molar-refractivity contribution in [3.05, 3.63) is 90.2 Å². The lowest BCUT2D eigenvalue weighted by atomic mass is 9.77. The highest BCUT2D eigenvalue weighted by molar-refractivity contribution is 6.27. The molecule has 1 N–H and O–H groups in total. The number of benzene rings is 3. The van der Waals surface area contributed by atoms with E-state index in [-0.39, 0.29) is 5.69 Å². The molecule has 3 amide bonds. The lowest BCUT2D eigenvalue weighted by Gasteiger charge is -2.35.